The molecular weight excluding hydrogens is 196 g/mol. The van der Waals surface area contributed by atoms with Gasteiger partial charge in [0.25, 0.3) is 0 Å². The van der Waals surface area contributed by atoms with Crippen LogP contribution in [0.15, 0.2) is 0 Å². The predicted molar refractivity (Wildman–Crippen MR) is 57.4 cm³/mol. The third-order valence-electron chi connectivity index (χ3n) is 1.69. The summed E-state index contributed by atoms with van der Waals surface area (Å²) in [6.45, 7) is 5.16. The fraction of sp³-hybridized carbons (Fsp3) is 0.800. The number of hydrogen-bond acceptors (Lipinski definition) is 4. The first kappa shape index (κ1) is 13.9. The average Bonchev–Trinajstić information content (AvgIpc) is 2.18. The minimum absolute atomic E-state index is 0.0842. The Bertz CT molecular complexity index is 195. The Morgan fingerprint density at radius 2 is 1.93 bits per heavy atom. The molecule has 15 heavy (non-hydrogen) atoms. The Morgan fingerprint density at radius 3 is 2.53 bits per heavy atom. The molecule has 0 unspecified atom stereocenters. The number of amides is 1. The largest absolute Gasteiger partial charge is 0.465 e. The van der Waals surface area contributed by atoms with E-state index in [1.165, 1.54) is 0 Å². The first-order valence-corrected chi connectivity index (χ1v) is 5.33. The van der Waals surface area contributed by atoms with Crippen molar-refractivity contribution < 1.29 is 14.3 Å². The molecule has 5 heteroatoms. The summed E-state index contributed by atoms with van der Waals surface area (Å²) in [6.07, 6.45) is 1.88. The molecule has 2 N–H and O–H groups in total. The molecular formula is C10H20N2O3. The monoisotopic (exact) mass is 216 g/mol. The molecule has 88 valence electrons. The highest BCUT2D eigenvalue weighted by molar-refractivity contribution is 5.79. The van der Waals surface area contributed by atoms with Gasteiger partial charge in [0.05, 0.1) is 19.7 Å². The van der Waals surface area contributed by atoms with E-state index >= 15 is 0 Å². The van der Waals surface area contributed by atoms with E-state index in [1.807, 2.05) is 13.8 Å². The summed E-state index contributed by atoms with van der Waals surface area (Å²) in [7, 11) is 0. The minimum Gasteiger partial charge on any atom is -0.465 e. The van der Waals surface area contributed by atoms with Crippen molar-refractivity contribution in [2.45, 2.75) is 26.7 Å². The van der Waals surface area contributed by atoms with Crippen molar-refractivity contribution in [3.63, 3.8) is 0 Å². The molecule has 0 aliphatic rings. The van der Waals surface area contributed by atoms with Crippen LogP contribution in [0, 0.1) is 0 Å². The molecule has 0 bridgehead atoms. The topological polar surface area (TPSA) is 67.4 Å². The first-order chi connectivity index (χ1) is 7.20. The number of hydrogen-bond donors (Lipinski definition) is 2. The normalized spacial score (nSPS) is 9.73. The lowest BCUT2D eigenvalue weighted by molar-refractivity contribution is -0.142. The molecule has 0 spiro atoms. The number of esters is 1. The average molecular weight is 216 g/mol. The fourth-order valence-corrected chi connectivity index (χ4v) is 0.919. The van der Waals surface area contributed by atoms with Crippen LogP contribution in [0.5, 0.6) is 0 Å². The zero-order valence-corrected chi connectivity index (χ0v) is 9.47. The lowest BCUT2D eigenvalue weighted by Crippen LogP contribution is -2.36. The van der Waals surface area contributed by atoms with E-state index in [-0.39, 0.29) is 25.0 Å². The molecule has 1 amide bonds. The standard InChI is InChI=1S/C10H20N2O3/c1-3-5-6-15-10(14)8-11-7-9(13)12-4-2/h11H,3-8H2,1-2H3,(H,12,13). The summed E-state index contributed by atoms with van der Waals surface area (Å²) >= 11 is 0. The number of ether oxygens (including phenoxy) is 1. The highest BCUT2D eigenvalue weighted by Gasteiger charge is 2.03. The van der Waals surface area contributed by atoms with Crippen LogP contribution in [-0.4, -0.2) is 38.1 Å². The Kier molecular flexibility index (Phi) is 8.76. The number of unbranched alkanes of at least 4 members (excludes halogenated alkanes) is 1. The van der Waals surface area contributed by atoms with Gasteiger partial charge in [-0.15, -0.1) is 0 Å². The molecule has 0 fully saturated rings. The van der Waals surface area contributed by atoms with Gasteiger partial charge in [-0.3, -0.25) is 14.9 Å². The molecule has 0 atom stereocenters. The van der Waals surface area contributed by atoms with Crippen LogP contribution in [0.4, 0.5) is 0 Å². The Morgan fingerprint density at radius 1 is 1.20 bits per heavy atom. The highest BCUT2D eigenvalue weighted by Crippen LogP contribution is 1.87. The van der Waals surface area contributed by atoms with Crippen LogP contribution in [-0.2, 0) is 14.3 Å². The molecule has 0 saturated heterocycles. The summed E-state index contributed by atoms with van der Waals surface area (Å²) in [5.74, 6) is -0.424. The van der Waals surface area contributed by atoms with Crippen molar-refractivity contribution >= 4 is 11.9 Å². The first-order valence-electron chi connectivity index (χ1n) is 5.33. The quantitative estimate of drug-likeness (QED) is 0.444. The van der Waals surface area contributed by atoms with Gasteiger partial charge in [-0.25, -0.2) is 0 Å². The Labute approximate surface area is 90.6 Å². The lowest BCUT2D eigenvalue weighted by Gasteiger charge is -2.05. The molecule has 5 nitrogen and oxygen atoms in total. The molecule has 0 aromatic rings. The van der Waals surface area contributed by atoms with Crippen LogP contribution < -0.4 is 10.6 Å². The molecule has 0 radical (unpaired) electrons. The predicted octanol–water partition coefficient (Wildman–Crippen LogP) is 0.0554. The van der Waals surface area contributed by atoms with Crippen molar-refractivity contribution in [2.24, 2.45) is 0 Å². The van der Waals surface area contributed by atoms with Crippen molar-refractivity contribution in [2.75, 3.05) is 26.2 Å². The van der Waals surface area contributed by atoms with Crippen LogP contribution in [0.25, 0.3) is 0 Å². The van der Waals surface area contributed by atoms with Crippen LogP contribution in [0.3, 0.4) is 0 Å². The number of carbonyl (C=O) groups excluding carboxylic acids is 2. The Balaban J connectivity index is 3.34. The van der Waals surface area contributed by atoms with Gasteiger partial charge < -0.3 is 10.1 Å². The zero-order chi connectivity index (χ0) is 11.5. The maximum Gasteiger partial charge on any atom is 0.319 e. The summed E-state index contributed by atoms with van der Waals surface area (Å²) in [4.78, 5) is 22.0. The zero-order valence-electron chi connectivity index (χ0n) is 9.47. The molecule has 0 heterocycles. The van der Waals surface area contributed by atoms with E-state index in [0.717, 1.165) is 12.8 Å². The maximum absolute atomic E-state index is 11.0. The van der Waals surface area contributed by atoms with Gasteiger partial charge in [-0.05, 0) is 13.3 Å². The molecule has 0 aliphatic heterocycles. The minimum atomic E-state index is -0.312. The van der Waals surface area contributed by atoms with Crippen molar-refractivity contribution in [3.05, 3.63) is 0 Å². The molecule has 0 rings (SSSR count). The van der Waals surface area contributed by atoms with E-state index in [9.17, 15) is 9.59 Å². The SMILES string of the molecule is CCCCOC(=O)CNCC(=O)NCC. The molecule has 0 aromatic heterocycles. The molecule has 0 aliphatic carbocycles. The molecule has 0 aromatic carbocycles. The van der Waals surface area contributed by atoms with E-state index < -0.39 is 0 Å². The van der Waals surface area contributed by atoms with Gasteiger partial charge in [0.2, 0.25) is 5.91 Å². The lowest BCUT2D eigenvalue weighted by atomic mass is 10.4. The number of rotatable bonds is 8. The van der Waals surface area contributed by atoms with Crippen LogP contribution in [0.2, 0.25) is 0 Å². The van der Waals surface area contributed by atoms with Gasteiger partial charge in [-0.1, -0.05) is 13.3 Å². The fourth-order valence-electron chi connectivity index (χ4n) is 0.919. The summed E-state index contributed by atoms with van der Waals surface area (Å²) < 4.78 is 4.89. The maximum atomic E-state index is 11.0. The van der Waals surface area contributed by atoms with Gasteiger partial charge in [0.1, 0.15) is 0 Å². The number of carbonyl (C=O) groups is 2. The third kappa shape index (κ3) is 9.21. The smallest absolute Gasteiger partial charge is 0.319 e. The third-order valence-corrected chi connectivity index (χ3v) is 1.69. The van der Waals surface area contributed by atoms with Crippen LogP contribution in [0.1, 0.15) is 26.7 Å². The molecule has 0 saturated carbocycles. The van der Waals surface area contributed by atoms with Gasteiger partial charge in [0.15, 0.2) is 0 Å². The van der Waals surface area contributed by atoms with Gasteiger partial charge in [0, 0.05) is 6.54 Å². The van der Waals surface area contributed by atoms with Crippen molar-refractivity contribution in [1.29, 1.82) is 0 Å². The summed E-state index contributed by atoms with van der Waals surface area (Å²) in [6, 6.07) is 0. The second-order valence-corrected chi connectivity index (χ2v) is 3.13. The van der Waals surface area contributed by atoms with Crippen molar-refractivity contribution in [3.8, 4) is 0 Å². The number of likely N-dealkylation sites (N-methyl/N-ethyl adjacent to an activating group) is 1. The Hall–Kier alpha value is -1.10. The second kappa shape index (κ2) is 9.45. The second-order valence-electron chi connectivity index (χ2n) is 3.13. The summed E-state index contributed by atoms with van der Waals surface area (Å²) in [5, 5.41) is 5.33. The van der Waals surface area contributed by atoms with E-state index in [2.05, 4.69) is 10.6 Å². The highest BCUT2D eigenvalue weighted by atomic mass is 16.5. The van der Waals surface area contributed by atoms with E-state index in [0.29, 0.717) is 13.2 Å². The van der Waals surface area contributed by atoms with E-state index in [1.54, 1.807) is 0 Å². The summed E-state index contributed by atoms with van der Waals surface area (Å²) in [5.41, 5.74) is 0. The van der Waals surface area contributed by atoms with E-state index in [4.69, 9.17) is 4.74 Å². The van der Waals surface area contributed by atoms with Crippen molar-refractivity contribution in [1.82, 2.24) is 10.6 Å². The number of nitrogens with one attached hydrogen (secondary N) is 2. The van der Waals surface area contributed by atoms with Gasteiger partial charge >= 0.3 is 5.97 Å². The van der Waals surface area contributed by atoms with Gasteiger partial charge in [-0.2, -0.15) is 0 Å². The van der Waals surface area contributed by atoms with Crippen LogP contribution >= 0.6 is 0 Å².